The fraction of sp³-hybridized carbons (Fsp3) is 0.467. The van der Waals surface area contributed by atoms with Crippen LogP contribution in [0.5, 0.6) is 0 Å². The number of aromatic carboxylic acids is 2. The number of carboxylic acids is 2. The SMILES string of the molecule is CC(C)CCCCc1cccc(C(=O)[O-])c1C(=O)[O-]. The van der Waals surface area contributed by atoms with Crippen molar-refractivity contribution in [2.24, 2.45) is 5.92 Å². The Hall–Kier alpha value is -1.84. The van der Waals surface area contributed by atoms with E-state index in [0.717, 1.165) is 19.3 Å². The van der Waals surface area contributed by atoms with Gasteiger partial charge in [-0.1, -0.05) is 44.9 Å². The summed E-state index contributed by atoms with van der Waals surface area (Å²) in [5.74, 6) is -2.34. The molecule has 4 nitrogen and oxygen atoms in total. The summed E-state index contributed by atoms with van der Waals surface area (Å²) >= 11 is 0. The van der Waals surface area contributed by atoms with E-state index in [-0.39, 0.29) is 11.1 Å². The lowest BCUT2D eigenvalue weighted by molar-refractivity contribution is -0.259. The molecule has 0 atom stereocenters. The second-order valence-corrected chi connectivity index (χ2v) is 5.05. The second-order valence-electron chi connectivity index (χ2n) is 5.05. The molecule has 0 radical (unpaired) electrons. The van der Waals surface area contributed by atoms with E-state index in [0.29, 0.717) is 17.9 Å². The van der Waals surface area contributed by atoms with E-state index >= 15 is 0 Å². The molecule has 0 aromatic heterocycles. The minimum Gasteiger partial charge on any atom is -0.545 e. The highest BCUT2D eigenvalue weighted by molar-refractivity contribution is 6.01. The zero-order chi connectivity index (χ0) is 14.4. The van der Waals surface area contributed by atoms with Crippen molar-refractivity contribution < 1.29 is 19.8 Å². The van der Waals surface area contributed by atoms with E-state index in [1.165, 1.54) is 12.1 Å². The van der Waals surface area contributed by atoms with Crippen LogP contribution in [0.4, 0.5) is 0 Å². The third-order valence-corrected chi connectivity index (χ3v) is 3.05. The third kappa shape index (κ3) is 4.39. The summed E-state index contributed by atoms with van der Waals surface area (Å²) in [6.45, 7) is 4.26. The molecule has 4 heteroatoms. The van der Waals surface area contributed by atoms with E-state index in [4.69, 9.17) is 0 Å². The van der Waals surface area contributed by atoms with Crippen molar-refractivity contribution in [3.63, 3.8) is 0 Å². The van der Waals surface area contributed by atoms with Gasteiger partial charge in [0.15, 0.2) is 0 Å². The molecule has 1 aromatic rings. The molecule has 104 valence electrons. The number of hydrogen-bond acceptors (Lipinski definition) is 4. The highest BCUT2D eigenvalue weighted by atomic mass is 16.4. The lowest BCUT2D eigenvalue weighted by atomic mass is 9.95. The Morgan fingerprint density at radius 3 is 2.32 bits per heavy atom. The van der Waals surface area contributed by atoms with Gasteiger partial charge in [0, 0.05) is 11.1 Å². The first-order valence-corrected chi connectivity index (χ1v) is 6.48. The molecule has 0 aliphatic rings. The molecular weight excluding hydrogens is 244 g/mol. The summed E-state index contributed by atoms with van der Waals surface area (Å²) in [6, 6.07) is 4.40. The van der Waals surface area contributed by atoms with E-state index in [1.807, 2.05) is 0 Å². The number of carbonyl (C=O) groups is 2. The fourth-order valence-corrected chi connectivity index (χ4v) is 2.09. The lowest BCUT2D eigenvalue weighted by Gasteiger charge is -2.16. The van der Waals surface area contributed by atoms with Gasteiger partial charge in [-0.2, -0.15) is 0 Å². The number of rotatable bonds is 7. The Labute approximate surface area is 113 Å². The Kier molecular flexibility index (Phi) is 5.55. The van der Waals surface area contributed by atoms with Gasteiger partial charge in [0.1, 0.15) is 0 Å². The van der Waals surface area contributed by atoms with Crippen LogP contribution in [-0.4, -0.2) is 11.9 Å². The van der Waals surface area contributed by atoms with Crippen LogP contribution < -0.4 is 10.2 Å². The van der Waals surface area contributed by atoms with E-state index < -0.39 is 11.9 Å². The van der Waals surface area contributed by atoms with E-state index in [9.17, 15) is 19.8 Å². The van der Waals surface area contributed by atoms with Crippen LogP contribution in [0.15, 0.2) is 18.2 Å². The molecule has 0 unspecified atom stereocenters. The number of carboxylic acid groups (broad SMARTS) is 2. The van der Waals surface area contributed by atoms with Crippen LogP contribution in [0.25, 0.3) is 0 Å². The van der Waals surface area contributed by atoms with Gasteiger partial charge in [0.25, 0.3) is 0 Å². The number of unbranched alkanes of at least 4 members (excludes halogenated alkanes) is 1. The number of hydrogen-bond donors (Lipinski definition) is 0. The maximum atomic E-state index is 11.1. The molecule has 0 heterocycles. The van der Waals surface area contributed by atoms with E-state index in [2.05, 4.69) is 13.8 Å². The summed E-state index contributed by atoms with van der Waals surface area (Å²) in [5, 5.41) is 22.0. The summed E-state index contributed by atoms with van der Waals surface area (Å²) in [6.07, 6.45) is 3.42. The van der Waals surface area contributed by atoms with Gasteiger partial charge in [-0.25, -0.2) is 0 Å². The monoisotopic (exact) mass is 262 g/mol. The van der Waals surface area contributed by atoms with Gasteiger partial charge in [-0.3, -0.25) is 0 Å². The standard InChI is InChI=1S/C15H20O4/c1-10(2)6-3-4-7-11-8-5-9-12(14(16)17)13(11)15(18)19/h5,8-10H,3-4,6-7H2,1-2H3,(H,16,17)(H,18,19)/p-2. The molecule has 0 aliphatic heterocycles. The molecule has 1 aromatic carbocycles. The van der Waals surface area contributed by atoms with Crippen molar-refractivity contribution in [3.05, 3.63) is 34.9 Å². The Morgan fingerprint density at radius 1 is 1.11 bits per heavy atom. The minimum atomic E-state index is -1.48. The molecule has 0 amide bonds. The molecule has 0 N–H and O–H groups in total. The lowest BCUT2D eigenvalue weighted by Crippen LogP contribution is -2.31. The largest absolute Gasteiger partial charge is 0.545 e. The van der Waals surface area contributed by atoms with Gasteiger partial charge in [0.2, 0.25) is 0 Å². The van der Waals surface area contributed by atoms with Gasteiger partial charge >= 0.3 is 0 Å². The van der Waals surface area contributed by atoms with Crippen molar-refractivity contribution in [2.75, 3.05) is 0 Å². The summed E-state index contributed by atoms with van der Waals surface area (Å²) < 4.78 is 0. The van der Waals surface area contributed by atoms with Crippen LogP contribution in [0, 0.1) is 5.92 Å². The average Bonchev–Trinajstić information content (AvgIpc) is 2.33. The number of aryl methyl sites for hydroxylation is 1. The summed E-state index contributed by atoms with van der Waals surface area (Å²) in [4.78, 5) is 22.0. The van der Waals surface area contributed by atoms with Crippen molar-refractivity contribution in [1.82, 2.24) is 0 Å². The average molecular weight is 262 g/mol. The van der Waals surface area contributed by atoms with Crippen molar-refractivity contribution >= 4 is 11.9 Å². The molecular formula is C15H18O4-2. The molecule has 0 aliphatic carbocycles. The maximum absolute atomic E-state index is 11.1. The quantitative estimate of drug-likeness (QED) is 0.680. The Balaban J connectivity index is 2.85. The normalized spacial score (nSPS) is 10.7. The van der Waals surface area contributed by atoms with E-state index in [1.54, 1.807) is 6.07 Å². The molecule has 19 heavy (non-hydrogen) atoms. The number of benzene rings is 1. The zero-order valence-electron chi connectivity index (χ0n) is 11.3. The summed E-state index contributed by atoms with van der Waals surface area (Å²) in [5.41, 5.74) is -0.0427. The maximum Gasteiger partial charge on any atom is 0.0724 e. The first-order valence-electron chi connectivity index (χ1n) is 6.48. The first-order chi connectivity index (χ1) is 8.93. The third-order valence-electron chi connectivity index (χ3n) is 3.05. The summed E-state index contributed by atoms with van der Waals surface area (Å²) in [7, 11) is 0. The Morgan fingerprint density at radius 2 is 1.79 bits per heavy atom. The van der Waals surface area contributed by atoms with Gasteiger partial charge in [0.05, 0.1) is 11.9 Å². The van der Waals surface area contributed by atoms with Gasteiger partial charge in [-0.05, 0) is 24.3 Å². The predicted octanol–water partition coefficient (Wildman–Crippen LogP) is 0.782. The van der Waals surface area contributed by atoms with Gasteiger partial charge < -0.3 is 19.8 Å². The van der Waals surface area contributed by atoms with Crippen LogP contribution >= 0.6 is 0 Å². The minimum absolute atomic E-state index is 0.243. The number of carbonyl (C=O) groups excluding carboxylic acids is 2. The second kappa shape index (κ2) is 6.92. The Bertz CT molecular complexity index is 463. The van der Waals surface area contributed by atoms with Crippen molar-refractivity contribution in [1.29, 1.82) is 0 Å². The zero-order valence-corrected chi connectivity index (χ0v) is 11.3. The van der Waals surface area contributed by atoms with Crippen LogP contribution in [-0.2, 0) is 6.42 Å². The fourth-order valence-electron chi connectivity index (χ4n) is 2.09. The molecule has 1 rings (SSSR count). The molecule has 0 fully saturated rings. The molecule has 0 saturated carbocycles. The smallest absolute Gasteiger partial charge is 0.0724 e. The molecule has 0 spiro atoms. The van der Waals surface area contributed by atoms with Crippen molar-refractivity contribution in [2.45, 2.75) is 39.5 Å². The topological polar surface area (TPSA) is 80.3 Å². The molecule has 0 bridgehead atoms. The van der Waals surface area contributed by atoms with Gasteiger partial charge in [-0.15, -0.1) is 0 Å². The predicted molar refractivity (Wildman–Crippen MR) is 67.5 cm³/mol. The van der Waals surface area contributed by atoms with Crippen LogP contribution in [0.2, 0.25) is 0 Å². The van der Waals surface area contributed by atoms with Crippen molar-refractivity contribution in [3.8, 4) is 0 Å². The highest BCUT2D eigenvalue weighted by Crippen LogP contribution is 2.17. The van der Waals surface area contributed by atoms with Crippen LogP contribution in [0.1, 0.15) is 59.4 Å². The first kappa shape index (κ1) is 15.2. The highest BCUT2D eigenvalue weighted by Gasteiger charge is 2.10. The molecule has 0 saturated heterocycles. The van der Waals surface area contributed by atoms with Crippen LogP contribution in [0.3, 0.4) is 0 Å².